The van der Waals surface area contributed by atoms with E-state index in [4.69, 9.17) is 5.73 Å². The molecule has 2 nitrogen and oxygen atoms in total. The van der Waals surface area contributed by atoms with Gasteiger partial charge in [0.2, 0.25) is 0 Å². The van der Waals surface area contributed by atoms with Crippen LogP contribution in [-0.4, -0.2) is 5.11 Å². The first-order valence-electron chi connectivity index (χ1n) is 4.53. The summed E-state index contributed by atoms with van der Waals surface area (Å²) in [5.41, 5.74) is 6.09. The highest BCUT2D eigenvalue weighted by Gasteiger charge is 2.33. The third-order valence-corrected chi connectivity index (χ3v) is 3.22. The Morgan fingerprint density at radius 1 is 1.50 bits per heavy atom. The molecule has 0 unspecified atom stereocenters. The van der Waals surface area contributed by atoms with Gasteiger partial charge in [-0.25, -0.2) is 4.39 Å². The topological polar surface area (TPSA) is 46.2 Å². The third kappa shape index (κ3) is 1.64. The van der Waals surface area contributed by atoms with Gasteiger partial charge in [0.15, 0.2) is 0 Å². The molecule has 1 aliphatic rings. The summed E-state index contributed by atoms with van der Waals surface area (Å²) in [6.45, 7) is 0. The molecule has 1 atom stereocenters. The average Bonchev–Trinajstić information content (AvgIpc) is 2.95. The molecule has 4 heteroatoms. The van der Waals surface area contributed by atoms with Crippen molar-refractivity contribution < 1.29 is 9.50 Å². The second kappa shape index (κ2) is 3.51. The fourth-order valence-corrected chi connectivity index (χ4v) is 1.91. The molecule has 0 aliphatic heterocycles. The van der Waals surface area contributed by atoms with E-state index in [1.54, 1.807) is 0 Å². The second-order valence-corrected chi connectivity index (χ2v) is 4.51. The van der Waals surface area contributed by atoms with Crippen LogP contribution in [-0.2, 0) is 0 Å². The number of benzene rings is 1. The normalized spacial score (nSPS) is 18.2. The van der Waals surface area contributed by atoms with Crippen molar-refractivity contribution in [2.45, 2.75) is 18.9 Å². The van der Waals surface area contributed by atoms with Crippen LogP contribution in [0.1, 0.15) is 24.4 Å². The highest BCUT2D eigenvalue weighted by atomic mass is 79.9. The highest BCUT2D eigenvalue weighted by molar-refractivity contribution is 9.10. The fourth-order valence-electron chi connectivity index (χ4n) is 1.56. The van der Waals surface area contributed by atoms with E-state index < -0.39 is 5.82 Å². The molecular formula is C10H11BrFNO. The molecule has 1 saturated carbocycles. The zero-order chi connectivity index (χ0) is 10.3. The largest absolute Gasteiger partial charge is 0.506 e. The monoisotopic (exact) mass is 259 g/mol. The van der Waals surface area contributed by atoms with Crippen molar-refractivity contribution in [2.75, 3.05) is 0 Å². The van der Waals surface area contributed by atoms with Gasteiger partial charge in [-0.15, -0.1) is 0 Å². The maximum absolute atomic E-state index is 13.4. The van der Waals surface area contributed by atoms with Crippen LogP contribution >= 0.6 is 15.9 Å². The average molecular weight is 260 g/mol. The van der Waals surface area contributed by atoms with E-state index in [0.717, 1.165) is 12.8 Å². The fraction of sp³-hybridized carbons (Fsp3) is 0.400. The lowest BCUT2D eigenvalue weighted by Crippen LogP contribution is -2.14. The van der Waals surface area contributed by atoms with E-state index in [2.05, 4.69) is 15.9 Å². The van der Waals surface area contributed by atoms with Crippen LogP contribution < -0.4 is 5.73 Å². The zero-order valence-electron chi connectivity index (χ0n) is 7.50. The van der Waals surface area contributed by atoms with E-state index in [-0.39, 0.29) is 17.4 Å². The minimum absolute atomic E-state index is 0.0654. The molecule has 0 amide bonds. The van der Waals surface area contributed by atoms with Gasteiger partial charge in [-0.2, -0.15) is 0 Å². The summed E-state index contributed by atoms with van der Waals surface area (Å²) in [5.74, 6) is -0.167. The molecule has 1 aliphatic carbocycles. The predicted molar refractivity (Wildman–Crippen MR) is 55.4 cm³/mol. The number of halogens is 2. The summed E-state index contributed by atoms with van der Waals surface area (Å²) in [5, 5.41) is 9.66. The van der Waals surface area contributed by atoms with E-state index in [0.29, 0.717) is 10.4 Å². The minimum atomic E-state index is -0.426. The molecule has 0 saturated heterocycles. The maximum Gasteiger partial charge on any atom is 0.137 e. The van der Waals surface area contributed by atoms with Crippen molar-refractivity contribution in [3.8, 4) is 5.75 Å². The number of nitrogens with two attached hydrogens (primary N) is 1. The number of hydrogen-bond donors (Lipinski definition) is 2. The summed E-state index contributed by atoms with van der Waals surface area (Å²) in [4.78, 5) is 0. The summed E-state index contributed by atoms with van der Waals surface area (Å²) < 4.78 is 13.9. The van der Waals surface area contributed by atoms with Crippen LogP contribution in [0.25, 0.3) is 0 Å². The molecule has 1 fully saturated rings. The molecule has 0 bridgehead atoms. The summed E-state index contributed by atoms with van der Waals surface area (Å²) in [7, 11) is 0. The van der Waals surface area contributed by atoms with Gasteiger partial charge < -0.3 is 10.8 Å². The van der Waals surface area contributed by atoms with Gasteiger partial charge in [-0.1, -0.05) is 0 Å². The Balaban J connectivity index is 2.43. The van der Waals surface area contributed by atoms with Crippen LogP contribution in [0.2, 0.25) is 0 Å². The van der Waals surface area contributed by atoms with Crippen LogP contribution in [0.15, 0.2) is 16.6 Å². The molecule has 0 spiro atoms. The molecule has 1 aromatic rings. The van der Waals surface area contributed by atoms with Crippen molar-refractivity contribution >= 4 is 15.9 Å². The van der Waals surface area contributed by atoms with E-state index in [1.165, 1.54) is 12.1 Å². The van der Waals surface area contributed by atoms with Crippen LogP contribution in [0.5, 0.6) is 5.75 Å². The quantitative estimate of drug-likeness (QED) is 0.858. The first-order valence-corrected chi connectivity index (χ1v) is 5.33. The predicted octanol–water partition coefficient (Wildman–Crippen LogP) is 2.70. The Hall–Kier alpha value is -0.610. The Kier molecular flexibility index (Phi) is 2.49. The van der Waals surface area contributed by atoms with E-state index >= 15 is 0 Å². The smallest absolute Gasteiger partial charge is 0.137 e. The Bertz CT molecular complexity index is 365. The van der Waals surface area contributed by atoms with E-state index in [1.807, 2.05) is 0 Å². The molecule has 0 radical (unpaired) electrons. The molecule has 3 N–H and O–H groups in total. The van der Waals surface area contributed by atoms with Crippen LogP contribution in [0.3, 0.4) is 0 Å². The van der Waals surface area contributed by atoms with Crippen molar-refractivity contribution in [1.29, 1.82) is 0 Å². The summed E-state index contributed by atoms with van der Waals surface area (Å²) in [6, 6.07) is 2.42. The number of rotatable bonds is 2. The van der Waals surface area contributed by atoms with Crippen molar-refractivity contribution in [3.63, 3.8) is 0 Å². The molecule has 76 valence electrons. The van der Waals surface area contributed by atoms with Crippen molar-refractivity contribution in [2.24, 2.45) is 11.7 Å². The van der Waals surface area contributed by atoms with Gasteiger partial charge in [-0.05, 0) is 46.8 Å². The van der Waals surface area contributed by atoms with Crippen LogP contribution in [0, 0.1) is 11.7 Å². The lowest BCUT2D eigenvalue weighted by molar-refractivity contribution is 0.438. The molecule has 0 heterocycles. The van der Waals surface area contributed by atoms with Crippen LogP contribution in [0.4, 0.5) is 4.39 Å². The summed E-state index contributed by atoms with van der Waals surface area (Å²) >= 11 is 3.15. The van der Waals surface area contributed by atoms with Gasteiger partial charge in [0.25, 0.3) is 0 Å². The Labute approximate surface area is 90.1 Å². The van der Waals surface area contributed by atoms with Crippen molar-refractivity contribution in [1.82, 2.24) is 0 Å². The van der Waals surface area contributed by atoms with Gasteiger partial charge in [-0.3, -0.25) is 0 Å². The Morgan fingerprint density at radius 2 is 2.14 bits per heavy atom. The standard InChI is InChI=1S/C10H11BrFNO/c11-6-3-4-7(12)8(10(6)14)9(13)5-1-2-5/h3-5,9,14H,1-2,13H2/t9-/m1/s1. The number of hydrogen-bond acceptors (Lipinski definition) is 2. The first kappa shape index (κ1) is 9.93. The second-order valence-electron chi connectivity index (χ2n) is 3.65. The summed E-state index contributed by atoms with van der Waals surface area (Å²) in [6.07, 6.45) is 2.04. The third-order valence-electron chi connectivity index (χ3n) is 2.58. The van der Waals surface area contributed by atoms with E-state index in [9.17, 15) is 9.50 Å². The first-order chi connectivity index (χ1) is 6.61. The molecule has 14 heavy (non-hydrogen) atoms. The maximum atomic E-state index is 13.4. The Morgan fingerprint density at radius 3 is 2.71 bits per heavy atom. The zero-order valence-corrected chi connectivity index (χ0v) is 9.09. The number of aromatic hydroxyl groups is 1. The molecule has 2 rings (SSSR count). The van der Waals surface area contributed by atoms with Gasteiger partial charge in [0.05, 0.1) is 4.47 Å². The van der Waals surface area contributed by atoms with Gasteiger partial charge >= 0.3 is 0 Å². The van der Waals surface area contributed by atoms with Gasteiger partial charge in [0.1, 0.15) is 11.6 Å². The molecule has 0 aromatic heterocycles. The SMILES string of the molecule is N[C@@H](c1c(F)ccc(Br)c1O)C1CC1. The number of phenolic OH excluding ortho intramolecular Hbond substituents is 1. The molecular weight excluding hydrogens is 249 g/mol. The highest BCUT2D eigenvalue weighted by Crippen LogP contribution is 2.44. The minimum Gasteiger partial charge on any atom is -0.506 e. The number of phenols is 1. The lowest BCUT2D eigenvalue weighted by atomic mass is 10.0. The lowest BCUT2D eigenvalue weighted by Gasteiger charge is -2.14. The van der Waals surface area contributed by atoms with Gasteiger partial charge in [0, 0.05) is 11.6 Å². The van der Waals surface area contributed by atoms with Crippen molar-refractivity contribution in [3.05, 3.63) is 28.0 Å². The molecule has 1 aromatic carbocycles.